The lowest BCUT2D eigenvalue weighted by Gasteiger charge is -2.14. The number of rotatable bonds is 8. The highest BCUT2D eigenvalue weighted by Gasteiger charge is 2.29. The summed E-state index contributed by atoms with van der Waals surface area (Å²) < 4.78 is 5.52. The van der Waals surface area contributed by atoms with Crippen LogP contribution in [0.15, 0.2) is 48.5 Å². The van der Waals surface area contributed by atoms with Crippen LogP contribution in [0.4, 0.5) is 9.93 Å². The van der Waals surface area contributed by atoms with E-state index in [0.29, 0.717) is 18.5 Å². The van der Waals surface area contributed by atoms with Crippen molar-refractivity contribution in [3.8, 4) is 11.1 Å². The smallest absolute Gasteiger partial charge is 0.413 e. The number of ether oxygens (including phenoxy) is 1. The lowest BCUT2D eigenvalue weighted by molar-refractivity contribution is -0.139. The van der Waals surface area contributed by atoms with E-state index >= 15 is 0 Å². The van der Waals surface area contributed by atoms with E-state index < -0.39 is 24.0 Å². The number of fused-ring (bicyclic) bond motifs is 3. The summed E-state index contributed by atoms with van der Waals surface area (Å²) >= 11 is 0.975. The largest absolute Gasteiger partial charge is 0.480 e. The van der Waals surface area contributed by atoms with Gasteiger partial charge in [-0.1, -0.05) is 73.2 Å². The Labute approximate surface area is 201 Å². The summed E-state index contributed by atoms with van der Waals surface area (Å²) in [5.74, 6) is -1.69. The zero-order valence-electron chi connectivity index (χ0n) is 18.8. The first-order valence-electron chi connectivity index (χ1n) is 11.0. The van der Waals surface area contributed by atoms with Gasteiger partial charge < -0.3 is 15.2 Å². The summed E-state index contributed by atoms with van der Waals surface area (Å²) in [6.07, 6.45) is 0.272. The third kappa shape index (κ3) is 4.79. The van der Waals surface area contributed by atoms with Gasteiger partial charge in [0.15, 0.2) is 5.13 Å². The first-order valence-corrected chi connectivity index (χ1v) is 11.8. The molecule has 1 aliphatic rings. The SMILES string of the molecule is CCC[C@H](NC(=O)c1sc(NC(=O)OCC2c3ccccc3-c3ccccc32)nc1C)C(=O)O. The minimum Gasteiger partial charge on any atom is -0.480 e. The monoisotopic (exact) mass is 479 g/mol. The van der Waals surface area contributed by atoms with Crippen LogP contribution in [0.3, 0.4) is 0 Å². The van der Waals surface area contributed by atoms with E-state index in [1.165, 1.54) is 0 Å². The predicted molar refractivity (Wildman–Crippen MR) is 129 cm³/mol. The minimum absolute atomic E-state index is 0.0657. The number of amides is 2. The summed E-state index contributed by atoms with van der Waals surface area (Å²) in [5.41, 5.74) is 4.90. The van der Waals surface area contributed by atoms with Gasteiger partial charge in [-0.05, 0) is 35.6 Å². The first-order chi connectivity index (χ1) is 16.4. The highest BCUT2D eigenvalue weighted by atomic mass is 32.1. The second kappa shape index (κ2) is 10.0. The van der Waals surface area contributed by atoms with Crippen molar-refractivity contribution < 1.29 is 24.2 Å². The molecule has 2 amide bonds. The summed E-state index contributed by atoms with van der Waals surface area (Å²) in [7, 11) is 0. The van der Waals surface area contributed by atoms with Crippen molar-refractivity contribution in [3.63, 3.8) is 0 Å². The van der Waals surface area contributed by atoms with Crippen molar-refractivity contribution in [1.82, 2.24) is 10.3 Å². The van der Waals surface area contributed by atoms with Crippen LogP contribution in [0.25, 0.3) is 11.1 Å². The summed E-state index contributed by atoms with van der Waals surface area (Å²) in [5, 5.41) is 14.6. The van der Waals surface area contributed by atoms with E-state index in [0.717, 1.165) is 33.6 Å². The Morgan fingerprint density at radius 3 is 2.29 bits per heavy atom. The van der Waals surface area contributed by atoms with Crippen molar-refractivity contribution in [2.24, 2.45) is 0 Å². The van der Waals surface area contributed by atoms with Crippen LogP contribution >= 0.6 is 11.3 Å². The van der Waals surface area contributed by atoms with E-state index in [9.17, 15) is 19.5 Å². The van der Waals surface area contributed by atoms with E-state index in [4.69, 9.17) is 4.74 Å². The van der Waals surface area contributed by atoms with Crippen LogP contribution in [-0.2, 0) is 9.53 Å². The number of aryl methyl sites for hydroxylation is 1. The Kier molecular flexibility index (Phi) is 6.93. The van der Waals surface area contributed by atoms with Gasteiger partial charge in [-0.15, -0.1) is 0 Å². The molecule has 0 fully saturated rings. The average Bonchev–Trinajstić information content (AvgIpc) is 3.34. The molecule has 0 spiro atoms. The number of nitrogens with zero attached hydrogens (tertiary/aromatic N) is 1. The molecule has 0 aliphatic heterocycles. The van der Waals surface area contributed by atoms with Crippen LogP contribution in [-0.4, -0.2) is 40.7 Å². The van der Waals surface area contributed by atoms with Gasteiger partial charge >= 0.3 is 12.1 Å². The molecule has 1 atom stereocenters. The van der Waals surface area contributed by atoms with Crippen LogP contribution in [0.2, 0.25) is 0 Å². The fraction of sp³-hybridized carbons (Fsp3) is 0.280. The Hall–Kier alpha value is -3.72. The topological polar surface area (TPSA) is 118 Å². The lowest BCUT2D eigenvalue weighted by atomic mass is 9.98. The Balaban J connectivity index is 1.40. The number of benzene rings is 2. The van der Waals surface area contributed by atoms with E-state index in [-0.39, 0.29) is 22.5 Å². The van der Waals surface area contributed by atoms with Crippen LogP contribution in [0, 0.1) is 6.92 Å². The molecule has 0 radical (unpaired) electrons. The second-order valence-corrected chi connectivity index (χ2v) is 9.04. The van der Waals surface area contributed by atoms with Crippen molar-refractivity contribution >= 4 is 34.4 Å². The van der Waals surface area contributed by atoms with E-state index in [1.807, 2.05) is 43.3 Å². The highest BCUT2D eigenvalue weighted by molar-refractivity contribution is 7.17. The van der Waals surface area contributed by atoms with Gasteiger partial charge in [-0.3, -0.25) is 10.1 Å². The molecule has 0 unspecified atom stereocenters. The molecule has 9 heteroatoms. The summed E-state index contributed by atoms with van der Waals surface area (Å²) in [6, 6.07) is 15.2. The number of aliphatic carboxylic acids is 1. The zero-order chi connectivity index (χ0) is 24.2. The second-order valence-electron chi connectivity index (χ2n) is 8.04. The Bertz CT molecular complexity index is 1190. The number of thiazole rings is 1. The third-order valence-electron chi connectivity index (χ3n) is 5.74. The number of hydrogen-bond donors (Lipinski definition) is 3. The molecule has 1 heterocycles. The van der Waals surface area contributed by atoms with Crippen LogP contribution in [0.1, 0.15) is 52.2 Å². The van der Waals surface area contributed by atoms with Crippen molar-refractivity contribution in [3.05, 3.63) is 70.2 Å². The molecule has 2 aromatic carbocycles. The van der Waals surface area contributed by atoms with Gasteiger partial charge in [-0.2, -0.15) is 0 Å². The maximum atomic E-state index is 12.5. The van der Waals surface area contributed by atoms with Crippen molar-refractivity contribution in [2.75, 3.05) is 11.9 Å². The number of hydrogen-bond acceptors (Lipinski definition) is 6. The van der Waals surface area contributed by atoms with Crippen molar-refractivity contribution in [1.29, 1.82) is 0 Å². The van der Waals surface area contributed by atoms with Gasteiger partial charge in [0.1, 0.15) is 17.5 Å². The fourth-order valence-electron chi connectivity index (χ4n) is 4.15. The molecule has 0 bridgehead atoms. The van der Waals surface area contributed by atoms with Gasteiger partial charge in [0.2, 0.25) is 0 Å². The summed E-state index contributed by atoms with van der Waals surface area (Å²) in [4.78, 5) is 40.8. The number of carbonyl (C=O) groups is 3. The zero-order valence-corrected chi connectivity index (χ0v) is 19.6. The number of carboxylic acid groups (broad SMARTS) is 1. The highest BCUT2D eigenvalue weighted by Crippen LogP contribution is 2.44. The molecular weight excluding hydrogens is 454 g/mol. The molecule has 176 valence electrons. The third-order valence-corrected chi connectivity index (χ3v) is 6.81. The van der Waals surface area contributed by atoms with Gasteiger partial charge in [0, 0.05) is 5.92 Å². The average molecular weight is 480 g/mol. The molecule has 4 rings (SSSR count). The van der Waals surface area contributed by atoms with Gasteiger partial charge in [0.25, 0.3) is 5.91 Å². The van der Waals surface area contributed by atoms with Gasteiger partial charge in [0.05, 0.1) is 5.69 Å². The molecular formula is C25H25N3O5S. The first kappa shape index (κ1) is 23.4. The number of carbonyl (C=O) groups excluding carboxylic acids is 2. The fourth-order valence-corrected chi connectivity index (χ4v) is 5.01. The number of aromatic nitrogens is 1. The molecule has 8 nitrogen and oxygen atoms in total. The van der Waals surface area contributed by atoms with Crippen molar-refractivity contribution in [2.45, 2.75) is 38.6 Å². The Morgan fingerprint density at radius 1 is 1.09 bits per heavy atom. The molecule has 34 heavy (non-hydrogen) atoms. The lowest BCUT2D eigenvalue weighted by Crippen LogP contribution is -2.40. The number of carboxylic acids is 1. The normalized spacial score (nSPS) is 13.0. The van der Waals surface area contributed by atoms with Gasteiger partial charge in [-0.25, -0.2) is 14.6 Å². The molecule has 1 aromatic heterocycles. The molecule has 3 N–H and O–H groups in total. The van der Waals surface area contributed by atoms with E-state index in [1.54, 1.807) is 6.92 Å². The molecule has 0 saturated carbocycles. The number of anilines is 1. The van der Waals surface area contributed by atoms with Crippen LogP contribution < -0.4 is 10.6 Å². The molecule has 3 aromatic rings. The predicted octanol–water partition coefficient (Wildman–Crippen LogP) is 4.80. The summed E-state index contributed by atoms with van der Waals surface area (Å²) in [6.45, 7) is 3.63. The maximum Gasteiger partial charge on any atom is 0.413 e. The number of nitrogens with one attached hydrogen (secondary N) is 2. The maximum absolute atomic E-state index is 12.5. The van der Waals surface area contributed by atoms with Crippen LogP contribution in [0.5, 0.6) is 0 Å². The standard InChI is InChI=1S/C25H25N3O5S/c1-3-8-20(23(30)31)27-22(29)21-14(2)26-24(34-21)28-25(32)33-13-19-17-11-6-4-9-15(17)16-10-5-7-12-18(16)19/h4-7,9-12,19-20H,3,8,13H2,1-2H3,(H,27,29)(H,30,31)(H,26,28,32)/t20-/m0/s1. The van der Waals surface area contributed by atoms with E-state index in [2.05, 4.69) is 27.8 Å². The minimum atomic E-state index is -1.09. The molecule has 0 saturated heterocycles. The quantitative estimate of drug-likeness (QED) is 0.427. The molecule has 1 aliphatic carbocycles. The Morgan fingerprint density at radius 2 is 1.71 bits per heavy atom.